The van der Waals surface area contributed by atoms with Crippen molar-refractivity contribution >= 4 is 23.2 Å². The van der Waals surface area contributed by atoms with Crippen LogP contribution in [0.15, 0.2) is 29.6 Å². The Morgan fingerprint density at radius 1 is 1.32 bits per heavy atom. The van der Waals surface area contributed by atoms with Crippen LogP contribution in [0.25, 0.3) is 10.6 Å². The maximum atomic E-state index is 12.9. The van der Waals surface area contributed by atoms with Gasteiger partial charge in [0.15, 0.2) is 12.3 Å². The quantitative estimate of drug-likeness (QED) is 0.830. The first-order valence-electron chi connectivity index (χ1n) is 6.75. The molecule has 1 aromatic carbocycles. The van der Waals surface area contributed by atoms with Gasteiger partial charge in [0.05, 0.1) is 0 Å². The minimum atomic E-state index is -0.656. The topological polar surface area (TPSA) is 68.3 Å². The Kier molecular flexibility index (Phi) is 5.60. The molecule has 1 aromatic heterocycles. The third kappa shape index (κ3) is 4.36. The molecule has 0 fully saturated rings. The third-order valence-electron chi connectivity index (χ3n) is 2.71. The van der Waals surface area contributed by atoms with Gasteiger partial charge >= 0.3 is 5.97 Å². The zero-order chi connectivity index (χ0) is 15.9. The minimum absolute atomic E-state index is 0.132. The maximum absolute atomic E-state index is 12.9. The smallest absolute Gasteiger partial charge is 0.358 e. The van der Waals surface area contributed by atoms with E-state index in [2.05, 4.69) is 10.3 Å². The number of benzene rings is 1. The normalized spacial score (nSPS) is 10.3. The Morgan fingerprint density at radius 3 is 2.73 bits per heavy atom. The van der Waals surface area contributed by atoms with Gasteiger partial charge in [-0.1, -0.05) is 6.92 Å². The van der Waals surface area contributed by atoms with Crippen LogP contribution in [-0.4, -0.2) is 30.0 Å². The van der Waals surface area contributed by atoms with Gasteiger partial charge in [-0.3, -0.25) is 4.79 Å². The number of carbonyl (C=O) groups excluding carboxylic acids is 2. The molecule has 0 atom stereocenters. The first-order valence-corrected chi connectivity index (χ1v) is 7.63. The molecule has 0 radical (unpaired) electrons. The van der Waals surface area contributed by atoms with Crippen LogP contribution in [0, 0.1) is 5.82 Å². The predicted octanol–water partition coefficient (Wildman–Crippen LogP) is 2.63. The van der Waals surface area contributed by atoms with Gasteiger partial charge in [0, 0.05) is 17.5 Å². The van der Waals surface area contributed by atoms with Crippen molar-refractivity contribution in [3.8, 4) is 10.6 Å². The maximum Gasteiger partial charge on any atom is 0.358 e. The first-order chi connectivity index (χ1) is 10.6. The highest BCUT2D eigenvalue weighted by atomic mass is 32.1. The van der Waals surface area contributed by atoms with Crippen molar-refractivity contribution < 1.29 is 18.7 Å². The van der Waals surface area contributed by atoms with Crippen LogP contribution in [0.4, 0.5) is 4.39 Å². The van der Waals surface area contributed by atoms with Gasteiger partial charge in [0.2, 0.25) is 0 Å². The molecule has 0 saturated heterocycles. The van der Waals surface area contributed by atoms with Crippen LogP contribution in [0.1, 0.15) is 23.8 Å². The van der Waals surface area contributed by atoms with Gasteiger partial charge in [-0.15, -0.1) is 11.3 Å². The second kappa shape index (κ2) is 7.65. The summed E-state index contributed by atoms with van der Waals surface area (Å²) < 4.78 is 17.8. The lowest BCUT2D eigenvalue weighted by Gasteiger charge is -2.03. The fourth-order valence-electron chi connectivity index (χ4n) is 1.61. The van der Waals surface area contributed by atoms with E-state index < -0.39 is 5.97 Å². The van der Waals surface area contributed by atoms with E-state index in [1.807, 2.05) is 6.92 Å². The van der Waals surface area contributed by atoms with E-state index in [1.54, 1.807) is 17.5 Å². The molecule has 116 valence electrons. The number of thiazole rings is 1. The molecule has 7 heteroatoms. The highest BCUT2D eigenvalue weighted by Crippen LogP contribution is 2.24. The van der Waals surface area contributed by atoms with Gasteiger partial charge < -0.3 is 10.1 Å². The molecule has 0 bridgehead atoms. The van der Waals surface area contributed by atoms with Crippen LogP contribution in [0.2, 0.25) is 0 Å². The lowest BCUT2D eigenvalue weighted by Crippen LogP contribution is -2.29. The largest absolute Gasteiger partial charge is 0.451 e. The number of carbonyl (C=O) groups is 2. The molecule has 1 heterocycles. The van der Waals surface area contributed by atoms with Gasteiger partial charge in [-0.25, -0.2) is 14.2 Å². The van der Waals surface area contributed by atoms with E-state index >= 15 is 0 Å². The fraction of sp³-hybridized carbons (Fsp3) is 0.267. The van der Waals surface area contributed by atoms with E-state index in [0.717, 1.165) is 6.42 Å². The number of rotatable bonds is 6. The summed E-state index contributed by atoms with van der Waals surface area (Å²) in [6.07, 6.45) is 0.812. The number of nitrogens with zero attached hydrogens (tertiary/aromatic N) is 1. The second-order valence-corrected chi connectivity index (χ2v) is 5.33. The molecule has 2 rings (SSSR count). The standard InChI is InChI=1S/C15H15FN2O3S/c1-2-7-17-13(19)8-21-15(20)12-9-22-14(18-12)10-3-5-11(16)6-4-10/h3-6,9H,2,7-8H2,1H3,(H,17,19). The molecular weight excluding hydrogens is 307 g/mol. The Hall–Kier alpha value is -2.28. The number of amides is 1. The van der Waals surface area contributed by atoms with Crippen molar-refractivity contribution in [1.82, 2.24) is 10.3 Å². The van der Waals surface area contributed by atoms with E-state index in [4.69, 9.17) is 4.74 Å². The molecule has 5 nitrogen and oxygen atoms in total. The molecule has 0 unspecified atom stereocenters. The monoisotopic (exact) mass is 322 g/mol. The lowest BCUT2D eigenvalue weighted by molar-refractivity contribution is -0.124. The van der Waals surface area contributed by atoms with Crippen molar-refractivity contribution in [2.24, 2.45) is 0 Å². The second-order valence-electron chi connectivity index (χ2n) is 4.47. The van der Waals surface area contributed by atoms with Crippen LogP contribution in [0.3, 0.4) is 0 Å². The Bertz CT molecular complexity index is 655. The SMILES string of the molecule is CCCNC(=O)COC(=O)c1csc(-c2ccc(F)cc2)n1. The number of hydrogen-bond donors (Lipinski definition) is 1. The number of ether oxygens (including phenoxy) is 1. The Labute approximate surface area is 131 Å². The van der Waals surface area contributed by atoms with Gasteiger partial charge in [-0.05, 0) is 30.7 Å². The van der Waals surface area contributed by atoms with Crippen molar-refractivity contribution in [2.75, 3.05) is 13.2 Å². The fourth-order valence-corrected chi connectivity index (χ4v) is 2.41. The molecule has 1 N–H and O–H groups in total. The van der Waals surface area contributed by atoms with Gasteiger partial charge in [0.25, 0.3) is 5.91 Å². The molecule has 2 aromatic rings. The molecule has 0 aliphatic carbocycles. The molecule has 0 aliphatic heterocycles. The highest BCUT2D eigenvalue weighted by Gasteiger charge is 2.14. The summed E-state index contributed by atoms with van der Waals surface area (Å²) in [7, 11) is 0. The van der Waals surface area contributed by atoms with Gasteiger partial charge in [-0.2, -0.15) is 0 Å². The molecule has 0 aliphatic rings. The Morgan fingerprint density at radius 2 is 2.05 bits per heavy atom. The number of nitrogens with one attached hydrogen (secondary N) is 1. The molecule has 1 amide bonds. The van der Waals surface area contributed by atoms with Crippen molar-refractivity contribution in [3.05, 3.63) is 41.2 Å². The zero-order valence-corrected chi connectivity index (χ0v) is 12.8. The summed E-state index contributed by atoms with van der Waals surface area (Å²) in [4.78, 5) is 27.3. The summed E-state index contributed by atoms with van der Waals surface area (Å²) in [5, 5.41) is 4.74. The minimum Gasteiger partial charge on any atom is -0.451 e. The van der Waals surface area contributed by atoms with E-state index in [1.165, 1.54) is 23.5 Å². The Balaban J connectivity index is 1.94. The zero-order valence-electron chi connectivity index (χ0n) is 12.0. The van der Waals surface area contributed by atoms with Crippen LogP contribution >= 0.6 is 11.3 Å². The van der Waals surface area contributed by atoms with E-state index in [-0.39, 0.29) is 24.0 Å². The van der Waals surface area contributed by atoms with Crippen molar-refractivity contribution in [3.63, 3.8) is 0 Å². The van der Waals surface area contributed by atoms with Crippen LogP contribution < -0.4 is 5.32 Å². The van der Waals surface area contributed by atoms with Gasteiger partial charge in [0.1, 0.15) is 10.8 Å². The van der Waals surface area contributed by atoms with Crippen LogP contribution in [0.5, 0.6) is 0 Å². The lowest BCUT2D eigenvalue weighted by atomic mass is 10.2. The first kappa shape index (κ1) is 16.1. The highest BCUT2D eigenvalue weighted by molar-refractivity contribution is 7.13. The number of hydrogen-bond acceptors (Lipinski definition) is 5. The average molecular weight is 322 g/mol. The summed E-state index contributed by atoms with van der Waals surface area (Å²) in [6, 6.07) is 5.82. The van der Waals surface area contributed by atoms with Crippen LogP contribution in [-0.2, 0) is 9.53 Å². The third-order valence-corrected chi connectivity index (χ3v) is 3.60. The average Bonchev–Trinajstić information content (AvgIpc) is 3.01. The van der Waals surface area contributed by atoms with E-state index in [9.17, 15) is 14.0 Å². The van der Waals surface area contributed by atoms with Crippen molar-refractivity contribution in [1.29, 1.82) is 0 Å². The molecule has 22 heavy (non-hydrogen) atoms. The summed E-state index contributed by atoms with van der Waals surface area (Å²) in [6.45, 7) is 2.14. The number of aromatic nitrogens is 1. The molecular formula is C15H15FN2O3S. The van der Waals surface area contributed by atoms with E-state index in [0.29, 0.717) is 17.1 Å². The summed E-state index contributed by atoms with van der Waals surface area (Å²) >= 11 is 1.25. The number of esters is 1. The summed E-state index contributed by atoms with van der Waals surface area (Å²) in [5.41, 5.74) is 0.846. The molecule has 0 spiro atoms. The molecule has 0 saturated carbocycles. The summed E-state index contributed by atoms with van der Waals surface area (Å²) in [5.74, 6) is -1.33. The number of halogens is 1. The van der Waals surface area contributed by atoms with Crippen molar-refractivity contribution in [2.45, 2.75) is 13.3 Å². The predicted molar refractivity (Wildman–Crippen MR) is 81.1 cm³/mol.